The number of carbonyl (C=O) groups excluding carboxylic acids is 2. The molecule has 0 aliphatic rings. The maximum atomic E-state index is 12.6. The molecular formula is C24H26N3O2S+. The highest BCUT2D eigenvalue weighted by atomic mass is 32.2. The first-order valence-electron chi connectivity index (χ1n) is 9.75. The summed E-state index contributed by atoms with van der Waals surface area (Å²) < 4.78 is 0. The van der Waals surface area contributed by atoms with Gasteiger partial charge in [-0.15, -0.1) is 11.8 Å². The first-order chi connectivity index (χ1) is 14.6. The van der Waals surface area contributed by atoms with Gasteiger partial charge in [0, 0.05) is 16.1 Å². The molecule has 0 fully saturated rings. The summed E-state index contributed by atoms with van der Waals surface area (Å²) in [6.07, 6.45) is 1.97. The highest BCUT2D eigenvalue weighted by Gasteiger charge is 2.16. The molecule has 2 amide bonds. The number of amides is 2. The van der Waals surface area contributed by atoms with E-state index in [0.717, 1.165) is 32.3 Å². The van der Waals surface area contributed by atoms with Crippen molar-refractivity contribution in [1.82, 2.24) is 0 Å². The Morgan fingerprint density at radius 3 is 1.97 bits per heavy atom. The standard InChI is InChI=1S/C24H25N3O2S/c1-27(17-24(29)26-21-14-8-9-15-22(21)30-2)16-23(28)25-20-13-7-6-12-19(20)18-10-4-3-5-11-18/h3-15H,16-17H2,1-2H3,(H,25,28)(H,26,29)/p+1. The van der Waals surface area contributed by atoms with Crippen molar-refractivity contribution in [3.8, 4) is 11.1 Å². The number of carbonyl (C=O) groups is 2. The minimum absolute atomic E-state index is 0.119. The lowest BCUT2D eigenvalue weighted by Crippen LogP contribution is -3.11. The molecule has 6 heteroatoms. The molecule has 1 unspecified atom stereocenters. The third kappa shape index (κ3) is 5.95. The summed E-state index contributed by atoms with van der Waals surface area (Å²) in [5.41, 5.74) is 3.57. The Morgan fingerprint density at radius 2 is 1.30 bits per heavy atom. The van der Waals surface area contributed by atoms with E-state index in [9.17, 15) is 9.59 Å². The molecular weight excluding hydrogens is 394 g/mol. The normalized spacial score (nSPS) is 11.5. The fourth-order valence-electron chi connectivity index (χ4n) is 3.21. The van der Waals surface area contributed by atoms with Gasteiger partial charge in [0.1, 0.15) is 0 Å². The van der Waals surface area contributed by atoms with Crippen molar-refractivity contribution in [2.75, 3.05) is 37.0 Å². The Morgan fingerprint density at radius 1 is 0.767 bits per heavy atom. The Hall–Kier alpha value is -3.09. The largest absolute Gasteiger partial charge is 0.322 e. The zero-order valence-electron chi connectivity index (χ0n) is 17.1. The number of likely N-dealkylation sites (N-methyl/N-ethyl adjacent to an activating group) is 1. The molecule has 5 nitrogen and oxygen atoms in total. The fraction of sp³-hybridized carbons (Fsp3) is 0.167. The van der Waals surface area contributed by atoms with Crippen LogP contribution >= 0.6 is 11.8 Å². The molecule has 3 aromatic rings. The Bertz CT molecular complexity index is 1010. The van der Waals surface area contributed by atoms with Crippen molar-refractivity contribution < 1.29 is 14.5 Å². The molecule has 0 saturated heterocycles. The number of quaternary nitrogens is 1. The van der Waals surface area contributed by atoms with Gasteiger partial charge in [-0.1, -0.05) is 60.7 Å². The monoisotopic (exact) mass is 420 g/mol. The molecule has 154 valence electrons. The summed E-state index contributed by atoms with van der Waals surface area (Å²) in [5.74, 6) is -0.250. The molecule has 0 heterocycles. The Kier molecular flexibility index (Phi) is 7.65. The number of hydrogen-bond acceptors (Lipinski definition) is 3. The number of thioether (sulfide) groups is 1. The van der Waals surface area contributed by atoms with E-state index in [1.54, 1.807) is 11.8 Å². The first kappa shape index (κ1) is 21.6. The maximum Gasteiger partial charge on any atom is 0.279 e. The summed E-state index contributed by atoms with van der Waals surface area (Å²) in [6, 6.07) is 25.3. The van der Waals surface area contributed by atoms with E-state index in [-0.39, 0.29) is 24.9 Å². The van der Waals surface area contributed by atoms with Crippen molar-refractivity contribution in [3.63, 3.8) is 0 Å². The molecule has 3 rings (SSSR count). The van der Waals surface area contributed by atoms with Crippen LogP contribution in [0.15, 0.2) is 83.8 Å². The van der Waals surface area contributed by atoms with Crippen LogP contribution in [0.2, 0.25) is 0 Å². The van der Waals surface area contributed by atoms with E-state index < -0.39 is 0 Å². The van der Waals surface area contributed by atoms with E-state index in [1.807, 2.05) is 92.2 Å². The molecule has 0 saturated carbocycles. The molecule has 1 atom stereocenters. The quantitative estimate of drug-likeness (QED) is 0.491. The number of hydrogen-bond donors (Lipinski definition) is 3. The highest BCUT2D eigenvalue weighted by molar-refractivity contribution is 7.98. The maximum absolute atomic E-state index is 12.6. The molecule has 0 aromatic heterocycles. The third-order valence-electron chi connectivity index (χ3n) is 4.59. The average molecular weight is 421 g/mol. The van der Waals surface area contributed by atoms with Crippen molar-refractivity contribution in [1.29, 1.82) is 0 Å². The van der Waals surface area contributed by atoms with Gasteiger partial charge in [-0.2, -0.15) is 0 Å². The van der Waals surface area contributed by atoms with Crippen LogP contribution in [0.25, 0.3) is 11.1 Å². The number of para-hydroxylation sites is 2. The SMILES string of the molecule is CSc1ccccc1NC(=O)C[NH+](C)CC(=O)Nc1ccccc1-c1ccccc1. The predicted octanol–water partition coefficient (Wildman–Crippen LogP) is 3.17. The minimum Gasteiger partial charge on any atom is -0.322 e. The van der Waals surface area contributed by atoms with E-state index >= 15 is 0 Å². The van der Waals surface area contributed by atoms with Crippen LogP contribution in [0, 0.1) is 0 Å². The van der Waals surface area contributed by atoms with Crippen LogP contribution in [-0.2, 0) is 9.59 Å². The van der Waals surface area contributed by atoms with Gasteiger partial charge in [-0.05, 0) is 30.0 Å². The van der Waals surface area contributed by atoms with Crippen LogP contribution < -0.4 is 15.5 Å². The molecule has 30 heavy (non-hydrogen) atoms. The van der Waals surface area contributed by atoms with E-state index in [1.165, 1.54) is 0 Å². The number of nitrogens with one attached hydrogen (secondary N) is 3. The topological polar surface area (TPSA) is 62.6 Å². The second-order valence-electron chi connectivity index (χ2n) is 7.02. The van der Waals surface area contributed by atoms with Gasteiger partial charge in [0.15, 0.2) is 13.1 Å². The predicted molar refractivity (Wildman–Crippen MR) is 124 cm³/mol. The van der Waals surface area contributed by atoms with E-state index in [2.05, 4.69) is 10.6 Å². The van der Waals surface area contributed by atoms with Gasteiger partial charge >= 0.3 is 0 Å². The van der Waals surface area contributed by atoms with Crippen LogP contribution in [0.1, 0.15) is 0 Å². The zero-order valence-corrected chi connectivity index (χ0v) is 18.0. The Balaban J connectivity index is 1.57. The molecule has 0 spiro atoms. The molecule has 0 aliphatic heterocycles. The van der Waals surface area contributed by atoms with Gasteiger partial charge in [0.25, 0.3) is 11.8 Å². The zero-order chi connectivity index (χ0) is 21.3. The lowest BCUT2D eigenvalue weighted by atomic mass is 10.0. The molecule has 3 aromatic carbocycles. The van der Waals surface area contributed by atoms with Crippen LogP contribution in [0.5, 0.6) is 0 Å². The summed E-state index contributed by atoms with van der Waals surface area (Å²) >= 11 is 1.58. The first-order valence-corrected chi connectivity index (χ1v) is 11.0. The van der Waals surface area contributed by atoms with E-state index in [4.69, 9.17) is 0 Å². The third-order valence-corrected chi connectivity index (χ3v) is 5.39. The lowest BCUT2D eigenvalue weighted by Gasteiger charge is -2.16. The molecule has 3 N–H and O–H groups in total. The second kappa shape index (κ2) is 10.6. The summed E-state index contributed by atoms with van der Waals surface area (Å²) in [6.45, 7) is 0.400. The second-order valence-corrected chi connectivity index (χ2v) is 7.87. The molecule has 0 aliphatic carbocycles. The van der Waals surface area contributed by atoms with Crippen LogP contribution in [0.3, 0.4) is 0 Å². The lowest BCUT2D eigenvalue weighted by molar-refractivity contribution is -0.862. The van der Waals surface area contributed by atoms with E-state index in [0.29, 0.717) is 0 Å². The fourth-order valence-corrected chi connectivity index (χ4v) is 3.76. The highest BCUT2D eigenvalue weighted by Crippen LogP contribution is 2.27. The van der Waals surface area contributed by atoms with Gasteiger partial charge in [-0.25, -0.2) is 0 Å². The van der Waals surface area contributed by atoms with Crippen molar-refractivity contribution in [2.24, 2.45) is 0 Å². The van der Waals surface area contributed by atoms with Crippen LogP contribution in [-0.4, -0.2) is 38.2 Å². The number of benzene rings is 3. The van der Waals surface area contributed by atoms with Gasteiger partial charge in [0.2, 0.25) is 0 Å². The smallest absolute Gasteiger partial charge is 0.279 e. The molecule has 0 bridgehead atoms. The number of anilines is 2. The number of rotatable bonds is 8. The minimum atomic E-state index is -0.131. The van der Waals surface area contributed by atoms with Gasteiger partial charge < -0.3 is 15.5 Å². The van der Waals surface area contributed by atoms with Crippen molar-refractivity contribution >= 4 is 35.0 Å². The summed E-state index contributed by atoms with van der Waals surface area (Å²) in [7, 11) is 1.84. The van der Waals surface area contributed by atoms with Gasteiger partial charge in [-0.3, -0.25) is 9.59 Å². The van der Waals surface area contributed by atoms with Crippen LogP contribution in [0.4, 0.5) is 11.4 Å². The van der Waals surface area contributed by atoms with Crippen molar-refractivity contribution in [3.05, 3.63) is 78.9 Å². The summed E-state index contributed by atoms with van der Waals surface area (Å²) in [4.78, 5) is 26.8. The summed E-state index contributed by atoms with van der Waals surface area (Å²) in [5, 5.41) is 5.92. The Labute approximate surface area is 181 Å². The van der Waals surface area contributed by atoms with Crippen molar-refractivity contribution in [2.45, 2.75) is 4.90 Å². The van der Waals surface area contributed by atoms with Gasteiger partial charge in [0.05, 0.1) is 12.7 Å². The molecule has 0 radical (unpaired) electrons. The average Bonchev–Trinajstić information content (AvgIpc) is 2.74.